The molecule has 1 aromatic rings. The minimum Gasteiger partial charge on any atom is -0.444 e. The lowest BCUT2D eigenvalue weighted by atomic mass is 9.79. The van der Waals surface area contributed by atoms with E-state index in [2.05, 4.69) is 4.90 Å². The summed E-state index contributed by atoms with van der Waals surface area (Å²) in [6.45, 7) is 10.7. The fourth-order valence-electron chi connectivity index (χ4n) is 3.69. The van der Waals surface area contributed by atoms with E-state index < -0.39 is 15.7 Å². The fraction of sp³-hybridized carbons (Fsp3) is 0.667. The first-order chi connectivity index (χ1) is 13.5. The first kappa shape index (κ1) is 22.1. The molecule has 1 heterocycles. The SMILES string of the molecule is Cc1ccc(S(=O)(=O)OCC2CC(N3CCN(C(=O)OC(C)(C)C)CC3)C2)cc1. The van der Waals surface area contributed by atoms with Gasteiger partial charge in [0.05, 0.1) is 11.5 Å². The van der Waals surface area contributed by atoms with Crippen LogP contribution in [0.25, 0.3) is 0 Å². The first-order valence-electron chi connectivity index (χ1n) is 10.2. The lowest BCUT2D eigenvalue weighted by Crippen LogP contribution is -2.56. The van der Waals surface area contributed by atoms with Gasteiger partial charge in [0.25, 0.3) is 10.1 Å². The van der Waals surface area contributed by atoms with Gasteiger partial charge in [0, 0.05) is 32.2 Å². The van der Waals surface area contributed by atoms with Crippen LogP contribution in [0.15, 0.2) is 29.2 Å². The van der Waals surface area contributed by atoms with Gasteiger partial charge in [-0.15, -0.1) is 0 Å². The Hall–Kier alpha value is -1.64. The van der Waals surface area contributed by atoms with Crippen molar-refractivity contribution in [2.24, 2.45) is 5.92 Å². The molecule has 3 rings (SSSR count). The maximum atomic E-state index is 12.3. The van der Waals surface area contributed by atoms with Crippen molar-refractivity contribution in [3.8, 4) is 0 Å². The molecule has 1 saturated heterocycles. The minimum absolute atomic E-state index is 0.206. The summed E-state index contributed by atoms with van der Waals surface area (Å²) in [5.74, 6) is 0.254. The van der Waals surface area contributed by atoms with Crippen LogP contribution in [-0.4, -0.2) is 68.7 Å². The third kappa shape index (κ3) is 5.93. The molecule has 1 aromatic carbocycles. The van der Waals surface area contributed by atoms with Gasteiger partial charge >= 0.3 is 6.09 Å². The summed E-state index contributed by atoms with van der Waals surface area (Å²) in [5, 5.41) is 0. The van der Waals surface area contributed by atoms with Crippen LogP contribution < -0.4 is 0 Å². The van der Waals surface area contributed by atoms with Crippen LogP contribution in [0.3, 0.4) is 0 Å². The molecule has 0 spiro atoms. The van der Waals surface area contributed by atoms with Crippen LogP contribution in [0.5, 0.6) is 0 Å². The highest BCUT2D eigenvalue weighted by Crippen LogP contribution is 2.33. The molecular formula is C21H32N2O5S. The molecule has 7 nitrogen and oxygen atoms in total. The lowest BCUT2D eigenvalue weighted by Gasteiger charge is -2.46. The number of rotatable bonds is 5. The van der Waals surface area contributed by atoms with E-state index >= 15 is 0 Å². The molecule has 0 N–H and O–H groups in total. The predicted molar refractivity (Wildman–Crippen MR) is 110 cm³/mol. The molecule has 162 valence electrons. The molecule has 8 heteroatoms. The second-order valence-electron chi connectivity index (χ2n) is 9.05. The number of nitrogens with zero attached hydrogens (tertiary/aromatic N) is 2. The smallest absolute Gasteiger partial charge is 0.410 e. The van der Waals surface area contributed by atoms with Crippen LogP contribution in [0.1, 0.15) is 39.2 Å². The summed E-state index contributed by atoms with van der Waals surface area (Å²) in [6.07, 6.45) is 1.60. The van der Waals surface area contributed by atoms with Crippen molar-refractivity contribution in [3.05, 3.63) is 29.8 Å². The number of aryl methyl sites for hydroxylation is 1. The summed E-state index contributed by atoms with van der Waals surface area (Å²) < 4.78 is 35.3. The Balaban J connectivity index is 1.39. The van der Waals surface area contributed by atoms with Crippen LogP contribution in [0, 0.1) is 12.8 Å². The van der Waals surface area contributed by atoms with Crippen LogP contribution in [0.4, 0.5) is 4.79 Å². The number of carbonyl (C=O) groups is 1. The second-order valence-corrected chi connectivity index (χ2v) is 10.7. The highest BCUT2D eigenvalue weighted by atomic mass is 32.2. The summed E-state index contributed by atoms with van der Waals surface area (Å²) in [6, 6.07) is 7.14. The number of benzene rings is 1. The molecule has 1 saturated carbocycles. The van der Waals surface area contributed by atoms with Crippen molar-refractivity contribution in [2.45, 2.75) is 57.1 Å². The molecule has 1 aliphatic heterocycles. The third-order valence-electron chi connectivity index (χ3n) is 5.46. The number of hydrogen-bond acceptors (Lipinski definition) is 6. The van der Waals surface area contributed by atoms with Gasteiger partial charge in [-0.05, 0) is 58.6 Å². The fourth-order valence-corrected chi connectivity index (χ4v) is 4.67. The molecule has 0 atom stereocenters. The van der Waals surface area contributed by atoms with Gasteiger partial charge in [-0.1, -0.05) is 17.7 Å². The Morgan fingerprint density at radius 3 is 2.21 bits per heavy atom. The van der Waals surface area contributed by atoms with Gasteiger partial charge in [-0.3, -0.25) is 9.08 Å². The van der Waals surface area contributed by atoms with E-state index in [0.29, 0.717) is 19.1 Å². The predicted octanol–water partition coefficient (Wildman–Crippen LogP) is 3.03. The maximum absolute atomic E-state index is 12.3. The Bertz CT molecular complexity index is 802. The van der Waals surface area contributed by atoms with E-state index in [4.69, 9.17) is 8.92 Å². The Morgan fingerprint density at radius 2 is 1.66 bits per heavy atom. The Morgan fingerprint density at radius 1 is 1.07 bits per heavy atom. The molecule has 0 radical (unpaired) electrons. The van der Waals surface area contributed by atoms with Crippen molar-refractivity contribution < 1.29 is 22.1 Å². The lowest BCUT2D eigenvalue weighted by molar-refractivity contribution is -0.00583. The maximum Gasteiger partial charge on any atom is 0.410 e. The van der Waals surface area contributed by atoms with Crippen LogP contribution >= 0.6 is 0 Å². The van der Waals surface area contributed by atoms with Gasteiger partial charge in [0.2, 0.25) is 0 Å². The normalized spacial score (nSPS) is 23.5. The zero-order chi connectivity index (χ0) is 21.2. The van der Waals surface area contributed by atoms with E-state index in [9.17, 15) is 13.2 Å². The highest BCUT2D eigenvalue weighted by molar-refractivity contribution is 7.86. The molecule has 0 unspecified atom stereocenters. The number of carbonyl (C=O) groups excluding carboxylic acids is 1. The van der Waals surface area contributed by atoms with E-state index in [-0.39, 0.29) is 23.5 Å². The van der Waals surface area contributed by atoms with Crippen LogP contribution in [-0.2, 0) is 19.0 Å². The van der Waals surface area contributed by atoms with Gasteiger partial charge in [0.1, 0.15) is 5.60 Å². The summed E-state index contributed by atoms with van der Waals surface area (Å²) in [7, 11) is -3.69. The van der Waals surface area contributed by atoms with E-state index in [0.717, 1.165) is 31.5 Å². The number of hydrogen-bond donors (Lipinski definition) is 0. The highest BCUT2D eigenvalue weighted by Gasteiger charge is 2.37. The van der Waals surface area contributed by atoms with Gasteiger partial charge in [-0.2, -0.15) is 8.42 Å². The number of piperazine rings is 1. The van der Waals surface area contributed by atoms with Gasteiger partial charge in [-0.25, -0.2) is 4.79 Å². The molecule has 1 amide bonds. The summed E-state index contributed by atoms with van der Waals surface area (Å²) in [5.41, 5.74) is 0.534. The van der Waals surface area contributed by atoms with Crippen molar-refractivity contribution in [2.75, 3.05) is 32.8 Å². The van der Waals surface area contributed by atoms with Crippen molar-refractivity contribution in [1.82, 2.24) is 9.80 Å². The third-order valence-corrected chi connectivity index (χ3v) is 6.76. The van der Waals surface area contributed by atoms with E-state index in [1.807, 2.05) is 27.7 Å². The average Bonchev–Trinajstić information content (AvgIpc) is 2.59. The largest absolute Gasteiger partial charge is 0.444 e. The molecule has 2 fully saturated rings. The monoisotopic (exact) mass is 424 g/mol. The van der Waals surface area contributed by atoms with Gasteiger partial charge < -0.3 is 9.64 Å². The Kier molecular flexibility index (Phi) is 6.55. The van der Waals surface area contributed by atoms with E-state index in [1.165, 1.54) is 0 Å². The number of amides is 1. The molecule has 29 heavy (non-hydrogen) atoms. The Labute approximate surface area is 174 Å². The summed E-state index contributed by atoms with van der Waals surface area (Å²) >= 11 is 0. The standard InChI is InChI=1S/C21H32N2O5S/c1-16-5-7-19(8-6-16)29(25,26)27-15-17-13-18(14-17)22-9-11-23(12-10-22)20(24)28-21(2,3)4/h5-8,17-18H,9-15H2,1-4H3. The minimum atomic E-state index is -3.69. The van der Waals surface area contributed by atoms with Crippen LogP contribution in [0.2, 0.25) is 0 Å². The second kappa shape index (κ2) is 8.62. The van der Waals surface area contributed by atoms with Crippen molar-refractivity contribution in [1.29, 1.82) is 0 Å². The van der Waals surface area contributed by atoms with E-state index in [1.54, 1.807) is 29.2 Å². The molecule has 0 bridgehead atoms. The molecular weight excluding hydrogens is 392 g/mol. The quantitative estimate of drug-likeness (QED) is 0.677. The average molecular weight is 425 g/mol. The topological polar surface area (TPSA) is 76.2 Å². The van der Waals surface area contributed by atoms with Gasteiger partial charge in [0.15, 0.2) is 0 Å². The van der Waals surface area contributed by atoms with Crippen molar-refractivity contribution >= 4 is 16.2 Å². The molecule has 2 aliphatic rings. The molecule has 0 aromatic heterocycles. The zero-order valence-corrected chi connectivity index (χ0v) is 18.6. The number of ether oxygens (including phenoxy) is 1. The summed E-state index contributed by atoms with van der Waals surface area (Å²) in [4.78, 5) is 16.5. The first-order valence-corrected chi connectivity index (χ1v) is 11.6. The zero-order valence-electron chi connectivity index (χ0n) is 17.8. The molecule has 1 aliphatic carbocycles. The van der Waals surface area contributed by atoms with Crippen molar-refractivity contribution in [3.63, 3.8) is 0 Å².